The van der Waals surface area contributed by atoms with Gasteiger partial charge in [-0.15, -0.1) is 0 Å². The van der Waals surface area contributed by atoms with Crippen molar-refractivity contribution in [2.75, 3.05) is 33.5 Å². The van der Waals surface area contributed by atoms with Gasteiger partial charge in [0.1, 0.15) is 18.1 Å². The summed E-state index contributed by atoms with van der Waals surface area (Å²) in [5.74, 6) is -3.25. The highest BCUT2D eigenvalue weighted by Gasteiger charge is 2.55. The number of likely N-dealkylation sites (N-methyl/N-ethyl adjacent to an activating group) is 1. The zero-order valence-corrected chi connectivity index (χ0v) is 36.7. The largest absolute Gasteiger partial charge is 0.458 e. The second-order valence-electron chi connectivity index (χ2n) is 16.7. The Labute approximate surface area is 347 Å². The molecule has 58 heavy (non-hydrogen) atoms. The molecule has 2 unspecified atom stereocenters. The number of aliphatic hydroxyl groups is 1. The Hall–Kier alpha value is -3.18. The summed E-state index contributed by atoms with van der Waals surface area (Å²) in [6.07, 6.45) is 3.75. The van der Waals surface area contributed by atoms with E-state index in [4.69, 9.17) is 23.7 Å². The molecule has 4 heterocycles. The standard InChI is InChI=1S/C42H62N4O9.CH3FS/c1-11-33-42(8)36(45-40(50)55-42)28(6)43-22-24(2)21-41(7,51-18-14-15-29-20-30-16-12-13-17-31(30)44-23-29)37(26(4)34(47)27(5)38(49)53-33)54-39-35(48)32(46(9)10)19-25(3)52-39;1-3-2/h12-17,20,23-28,32-33,35-37,39,43,48H,11,18-19,21-22H2,1-10H3,(H,45,50);1H3/b15-14+;/t24-,25-,26+,27-,28-,32?,33-,35?,36-,37-,39+,41-,42-;/m1./s1. The van der Waals surface area contributed by atoms with Crippen LogP contribution in [0.4, 0.5) is 8.68 Å². The van der Waals surface area contributed by atoms with Crippen molar-refractivity contribution in [3.05, 3.63) is 48.2 Å². The second kappa shape index (κ2) is 20.9. The van der Waals surface area contributed by atoms with Crippen molar-refractivity contribution in [3.63, 3.8) is 0 Å². The van der Waals surface area contributed by atoms with Crippen molar-refractivity contribution < 1.29 is 47.1 Å². The summed E-state index contributed by atoms with van der Waals surface area (Å²) in [5.41, 5.74) is -0.496. The molecule has 13 nitrogen and oxygen atoms in total. The van der Waals surface area contributed by atoms with Crippen molar-refractivity contribution in [3.8, 4) is 0 Å². The van der Waals surface area contributed by atoms with Crippen LogP contribution in [0, 0.1) is 17.8 Å². The van der Waals surface area contributed by atoms with E-state index < -0.39 is 71.5 Å². The average Bonchev–Trinajstić information content (AvgIpc) is 3.50. The number of ketones is 1. The molecule has 13 atom stereocenters. The number of Topliss-reactive ketones (excluding diaryl/α,β-unsaturated/α-hetero) is 1. The van der Waals surface area contributed by atoms with Gasteiger partial charge in [-0.1, -0.05) is 51.1 Å². The number of nitrogens with zero attached hydrogens (tertiary/aromatic N) is 2. The minimum absolute atomic E-state index is 0.0353. The molecule has 1 aromatic carbocycles. The Morgan fingerprint density at radius 1 is 1.12 bits per heavy atom. The number of aromatic nitrogens is 1. The van der Waals surface area contributed by atoms with Crippen LogP contribution in [0.25, 0.3) is 17.0 Å². The lowest BCUT2D eigenvalue weighted by Gasteiger charge is -2.47. The fourth-order valence-corrected chi connectivity index (χ4v) is 8.68. The molecule has 324 valence electrons. The number of esters is 1. The number of halogens is 1. The van der Waals surface area contributed by atoms with E-state index in [-0.39, 0.29) is 42.9 Å². The Kier molecular flexibility index (Phi) is 17.1. The van der Waals surface area contributed by atoms with Gasteiger partial charge in [0.15, 0.2) is 17.7 Å². The SMILES string of the molecule is CC[C@H]1OC(=O)[C@H](C)C(=O)[C@H](C)[C@@H](O[C@@H]2O[C@H](C)CC(N(C)C)C2O)[C@](C)(OC/C=C/c2cnc3ccccc3c2)C[C@@H](C)CN[C@H](C)[C@H]2NC(=O)O[C@@]21C.CSF. The highest BCUT2D eigenvalue weighted by atomic mass is 32.2. The van der Waals surface area contributed by atoms with E-state index in [1.807, 2.05) is 89.3 Å². The topological polar surface area (TPSA) is 158 Å². The number of aliphatic hydroxyl groups excluding tert-OH is 1. The van der Waals surface area contributed by atoms with Gasteiger partial charge in [0.2, 0.25) is 0 Å². The average molecular weight is 833 g/mol. The Morgan fingerprint density at radius 3 is 2.48 bits per heavy atom. The van der Waals surface area contributed by atoms with E-state index >= 15 is 0 Å². The van der Waals surface area contributed by atoms with E-state index in [2.05, 4.69) is 28.6 Å². The molecule has 0 aliphatic carbocycles. The monoisotopic (exact) mass is 832 g/mol. The van der Waals surface area contributed by atoms with E-state index in [0.29, 0.717) is 25.8 Å². The maximum Gasteiger partial charge on any atom is 0.408 e. The molecule has 0 saturated carbocycles. The number of carbonyl (C=O) groups excluding carboxylic acids is 3. The quantitative estimate of drug-likeness (QED) is 0.207. The van der Waals surface area contributed by atoms with E-state index in [1.165, 1.54) is 13.2 Å². The normalized spacial score (nSPS) is 36.6. The number of fused-ring (bicyclic) bond motifs is 2. The number of para-hydroxylation sites is 1. The zero-order chi connectivity index (χ0) is 42.9. The van der Waals surface area contributed by atoms with E-state index in [1.54, 1.807) is 13.8 Å². The van der Waals surface area contributed by atoms with Gasteiger partial charge in [-0.2, -0.15) is 3.89 Å². The summed E-state index contributed by atoms with van der Waals surface area (Å²) in [6.45, 7) is 15.5. The molecule has 3 aliphatic heterocycles. The fourth-order valence-electron chi connectivity index (χ4n) is 8.68. The fraction of sp³-hybridized carbons (Fsp3) is 0.674. The first-order valence-electron chi connectivity index (χ1n) is 20.3. The molecule has 1 amide bonds. The first kappa shape index (κ1) is 47.5. The molecule has 0 bridgehead atoms. The summed E-state index contributed by atoms with van der Waals surface area (Å²) >= 11 is 0.250. The minimum Gasteiger partial charge on any atom is -0.458 e. The van der Waals surface area contributed by atoms with Gasteiger partial charge in [0.25, 0.3) is 0 Å². The number of alkyl carbamates (subject to hydrolysis) is 1. The first-order valence-corrected chi connectivity index (χ1v) is 21.4. The second-order valence-corrected chi connectivity index (χ2v) is 17.0. The maximum absolute atomic E-state index is 14.5. The van der Waals surface area contributed by atoms with E-state index in [9.17, 15) is 23.4 Å². The van der Waals surface area contributed by atoms with Gasteiger partial charge in [-0.3, -0.25) is 14.6 Å². The van der Waals surface area contributed by atoms with Gasteiger partial charge in [-0.05, 0) is 98.1 Å². The van der Waals surface area contributed by atoms with Crippen molar-refractivity contribution in [2.45, 2.75) is 135 Å². The number of carbonyl (C=O) groups is 3. The molecule has 1 aromatic heterocycles. The lowest BCUT2D eigenvalue weighted by Crippen LogP contribution is -2.60. The Morgan fingerprint density at radius 2 is 1.81 bits per heavy atom. The summed E-state index contributed by atoms with van der Waals surface area (Å²) in [4.78, 5) is 47.5. The molecule has 2 aromatic rings. The maximum atomic E-state index is 14.5. The molecule has 0 spiro atoms. The highest BCUT2D eigenvalue weighted by Crippen LogP contribution is 2.38. The van der Waals surface area contributed by atoms with Crippen LogP contribution in [0.15, 0.2) is 42.6 Å². The van der Waals surface area contributed by atoms with Crippen LogP contribution < -0.4 is 10.6 Å². The molecular weight excluding hydrogens is 768 g/mol. The number of rotatable bonds is 8. The zero-order valence-electron chi connectivity index (χ0n) is 35.9. The number of ether oxygens (including phenoxy) is 5. The number of amides is 1. The van der Waals surface area contributed by atoms with Gasteiger partial charge in [0, 0.05) is 48.0 Å². The van der Waals surface area contributed by atoms with Crippen LogP contribution in [-0.2, 0) is 33.3 Å². The van der Waals surface area contributed by atoms with Crippen molar-refractivity contribution in [1.29, 1.82) is 0 Å². The number of hydrogen-bond acceptors (Lipinski definition) is 13. The summed E-state index contributed by atoms with van der Waals surface area (Å²) in [7, 11) is 3.81. The number of benzene rings is 1. The van der Waals surface area contributed by atoms with Gasteiger partial charge < -0.3 is 44.3 Å². The third-order valence-electron chi connectivity index (χ3n) is 11.8. The molecule has 3 saturated heterocycles. The van der Waals surface area contributed by atoms with Crippen molar-refractivity contribution >= 4 is 47.0 Å². The number of cyclic esters (lactones) is 1. The molecule has 3 N–H and O–H groups in total. The van der Waals surface area contributed by atoms with Crippen LogP contribution in [0.3, 0.4) is 0 Å². The van der Waals surface area contributed by atoms with Crippen LogP contribution >= 0.6 is 12.1 Å². The lowest BCUT2D eigenvalue weighted by molar-refractivity contribution is -0.296. The van der Waals surface area contributed by atoms with Crippen LogP contribution in [-0.4, -0.2) is 126 Å². The number of hydrogen-bond donors (Lipinski definition) is 3. The summed E-state index contributed by atoms with van der Waals surface area (Å²) in [5, 5.41) is 19.1. The minimum atomic E-state index is -1.18. The van der Waals surface area contributed by atoms with E-state index in [0.717, 1.165) is 16.5 Å². The lowest BCUT2D eigenvalue weighted by atomic mass is 9.78. The summed E-state index contributed by atoms with van der Waals surface area (Å²) in [6, 6.07) is 8.92. The summed E-state index contributed by atoms with van der Waals surface area (Å²) < 4.78 is 41.9. The Balaban J connectivity index is 0.00000240. The van der Waals surface area contributed by atoms with Gasteiger partial charge >= 0.3 is 12.1 Å². The molecule has 5 rings (SSSR count). The predicted molar refractivity (Wildman–Crippen MR) is 224 cm³/mol. The third-order valence-corrected chi connectivity index (χ3v) is 11.8. The molecular formula is C43H65FN4O9S. The molecule has 0 radical (unpaired) electrons. The molecule has 15 heteroatoms. The Bertz CT molecular complexity index is 1720. The van der Waals surface area contributed by atoms with Crippen molar-refractivity contribution in [2.24, 2.45) is 17.8 Å². The number of pyridine rings is 1. The molecule has 3 aliphatic rings. The van der Waals surface area contributed by atoms with Crippen LogP contribution in [0.1, 0.15) is 80.2 Å². The number of nitrogens with one attached hydrogen (secondary N) is 2. The smallest absolute Gasteiger partial charge is 0.408 e. The third kappa shape index (κ3) is 11.3. The highest BCUT2D eigenvalue weighted by molar-refractivity contribution is 7.93. The van der Waals surface area contributed by atoms with Crippen LogP contribution in [0.2, 0.25) is 0 Å². The van der Waals surface area contributed by atoms with Crippen molar-refractivity contribution in [1.82, 2.24) is 20.5 Å². The van der Waals surface area contributed by atoms with Gasteiger partial charge in [0.05, 0.1) is 36.0 Å². The predicted octanol–water partition coefficient (Wildman–Crippen LogP) is 6.12. The molecule has 3 fully saturated rings. The van der Waals surface area contributed by atoms with Crippen LogP contribution in [0.5, 0.6) is 0 Å². The first-order chi connectivity index (χ1) is 27.4. The van der Waals surface area contributed by atoms with Gasteiger partial charge in [-0.25, -0.2) is 4.79 Å².